The SMILES string of the molecule is Cc1cc(C)cc(C(=O)N2CCN(S(=O)(=O)c3ccc4c(c3)sc(=O)n4C)CC2)c1. The van der Waals surface area contributed by atoms with Gasteiger partial charge in [-0.15, -0.1) is 0 Å². The van der Waals surface area contributed by atoms with Crippen molar-refractivity contribution in [3.63, 3.8) is 0 Å². The molecule has 0 bridgehead atoms. The fourth-order valence-corrected chi connectivity index (χ4v) is 6.28. The summed E-state index contributed by atoms with van der Waals surface area (Å²) in [4.78, 5) is 26.4. The highest BCUT2D eigenvalue weighted by Gasteiger charge is 2.31. The Morgan fingerprint density at radius 1 is 0.967 bits per heavy atom. The lowest BCUT2D eigenvalue weighted by molar-refractivity contribution is 0.0697. The first-order chi connectivity index (χ1) is 14.2. The number of rotatable bonds is 3. The number of benzene rings is 2. The second-order valence-electron chi connectivity index (χ2n) is 7.63. The van der Waals surface area contributed by atoms with Crippen molar-refractivity contribution in [2.24, 2.45) is 7.05 Å². The normalized spacial score (nSPS) is 15.6. The van der Waals surface area contributed by atoms with Crippen LogP contribution in [0.1, 0.15) is 21.5 Å². The number of carbonyl (C=O) groups excluding carboxylic acids is 1. The molecule has 4 rings (SSSR count). The molecule has 0 radical (unpaired) electrons. The van der Waals surface area contributed by atoms with Gasteiger partial charge in [-0.05, 0) is 44.2 Å². The lowest BCUT2D eigenvalue weighted by Gasteiger charge is -2.34. The van der Waals surface area contributed by atoms with E-state index in [0.717, 1.165) is 22.5 Å². The van der Waals surface area contributed by atoms with E-state index in [1.165, 1.54) is 14.9 Å². The van der Waals surface area contributed by atoms with Gasteiger partial charge in [-0.3, -0.25) is 9.59 Å². The number of carbonyl (C=O) groups is 1. The zero-order valence-corrected chi connectivity index (χ0v) is 18.7. The molecular formula is C21H23N3O4S2. The molecule has 2 heterocycles. The molecule has 9 heteroatoms. The second kappa shape index (κ2) is 7.64. The van der Waals surface area contributed by atoms with Crippen molar-refractivity contribution in [2.45, 2.75) is 18.7 Å². The number of nitrogens with zero attached hydrogens (tertiary/aromatic N) is 3. The molecule has 3 aromatic rings. The smallest absolute Gasteiger partial charge is 0.307 e. The first kappa shape index (κ1) is 20.8. The van der Waals surface area contributed by atoms with Gasteiger partial charge in [-0.2, -0.15) is 4.31 Å². The van der Waals surface area contributed by atoms with Crippen LogP contribution in [0.5, 0.6) is 0 Å². The Morgan fingerprint density at radius 3 is 2.23 bits per heavy atom. The van der Waals surface area contributed by atoms with Crippen molar-refractivity contribution in [1.29, 1.82) is 0 Å². The van der Waals surface area contributed by atoms with E-state index in [-0.39, 0.29) is 28.8 Å². The van der Waals surface area contributed by atoms with E-state index in [0.29, 0.717) is 28.9 Å². The number of aryl methyl sites for hydroxylation is 3. The van der Waals surface area contributed by atoms with Gasteiger partial charge in [0.1, 0.15) is 0 Å². The summed E-state index contributed by atoms with van der Waals surface area (Å²) >= 11 is 1.03. The quantitative estimate of drug-likeness (QED) is 0.620. The van der Waals surface area contributed by atoms with Crippen molar-refractivity contribution in [3.05, 3.63) is 62.8 Å². The van der Waals surface area contributed by atoms with Crippen molar-refractivity contribution in [3.8, 4) is 0 Å². The lowest BCUT2D eigenvalue weighted by atomic mass is 10.1. The Hall–Kier alpha value is -2.49. The van der Waals surface area contributed by atoms with Gasteiger partial charge in [0.05, 0.1) is 15.1 Å². The van der Waals surface area contributed by atoms with E-state index < -0.39 is 10.0 Å². The average Bonchev–Trinajstić information content (AvgIpc) is 3.00. The first-order valence-electron chi connectivity index (χ1n) is 9.64. The highest BCUT2D eigenvalue weighted by molar-refractivity contribution is 7.89. The van der Waals surface area contributed by atoms with Crippen molar-refractivity contribution in [2.75, 3.05) is 26.2 Å². The van der Waals surface area contributed by atoms with Crippen LogP contribution >= 0.6 is 11.3 Å². The molecule has 2 aromatic carbocycles. The van der Waals surface area contributed by atoms with Crippen LogP contribution in [-0.2, 0) is 17.1 Å². The van der Waals surface area contributed by atoms with Crippen LogP contribution in [0.25, 0.3) is 10.2 Å². The Bertz CT molecular complexity index is 1280. The minimum Gasteiger partial charge on any atom is -0.336 e. The molecule has 30 heavy (non-hydrogen) atoms. The molecule has 158 valence electrons. The third kappa shape index (κ3) is 3.68. The van der Waals surface area contributed by atoms with Gasteiger partial charge in [0, 0.05) is 38.8 Å². The molecule has 0 saturated carbocycles. The third-order valence-corrected chi connectivity index (χ3v) is 8.29. The molecule has 1 aliphatic rings. The Kier molecular flexibility index (Phi) is 5.29. The number of aromatic nitrogens is 1. The van der Waals surface area contributed by atoms with Crippen LogP contribution in [0.2, 0.25) is 0 Å². The van der Waals surface area contributed by atoms with Crippen LogP contribution in [-0.4, -0.2) is 54.3 Å². The minimum atomic E-state index is -3.69. The minimum absolute atomic E-state index is 0.0747. The van der Waals surface area contributed by atoms with E-state index in [4.69, 9.17) is 0 Å². The lowest BCUT2D eigenvalue weighted by Crippen LogP contribution is -2.50. The van der Waals surface area contributed by atoms with E-state index >= 15 is 0 Å². The van der Waals surface area contributed by atoms with Crippen LogP contribution in [0.3, 0.4) is 0 Å². The number of fused-ring (bicyclic) bond motifs is 1. The number of piperazine rings is 1. The fourth-order valence-electron chi connectivity index (χ4n) is 3.84. The van der Waals surface area contributed by atoms with Gasteiger partial charge < -0.3 is 9.47 Å². The molecule has 0 unspecified atom stereocenters. The number of thiazole rings is 1. The van der Waals surface area contributed by atoms with Gasteiger partial charge >= 0.3 is 4.87 Å². The molecule has 1 amide bonds. The van der Waals surface area contributed by atoms with Gasteiger partial charge in [-0.25, -0.2) is 8.42 Å². The molecule has 0 aliphatic carbocycles. The second-order valence-corrected chi connectivity index (χ2v) is 10.6. The Balaban J connectivity index is 1.51. The summed E-state index contributed by atoms with van der Waals surface area (Å²) in [6, 6.07) is 10.5. The molecule has 1 fully saturated rings. The highest BCUT2D eigenvalue weighted by Crippen LogP contribution is 2.24. The molecule has 0 N–H and O–H groups in total. The number of amides is 1. The molecule has 0 atom stereocenters. The number of sulfonamides is 1. The topological polar surface area (TPSA) is 79.7 Å². The van der Waals surface area contributed by atoms with Crippen LogP contribution in [0.15, 0.2) is 46.1 Å². The summed E-state index contributed by atoms with van der Waals surface area (Å²) in [6.07, 6.45) is 0. The zero-order valence-electron chi connectivity index (χ0n) is 17.1. The molecular weight excluding hydrogens is 422 g/mol. The number of hydrogen-bond donors (Lipinski definition) is 0. The van der Waals surface area contributed by atoms with Gasteiger partial charge in [-0.1, -0.05) is 28.5 Å². The third-order valence-electron chi connectivity index (χ3n) is 5.40. The van der Waals surface area contributed by atoms with Gasteiger partial charge in [0.25, 0.3) is 5.91 Å². The van der Waals surface area contributed by atoms with Crippen molar-refractivity contribution < 1.29 is 13.2 Å². The van der Waals surface area contributed by atoms with E-state index in [9.17, 15) is 18.0 Å². The van der Waals surface area contributed by atoms with Crippen LogP contribution in [0, 0.1) is 13.8 Å². The highest BCUT2D eigenvalue weighted by atomic mass is 32.2. The molecule has 0 spiro atoms. The van der Waals surface area contributed by atoms with Gasteiger partial charge in [0.2, 0.25) is 10.0 Å². The molecule has 1 saturated heterocycles. The maximum absolute atomic E-state index is 13.1. The summed E-state index contributed by atoms with van der Waals surface area (Å²) in [6.45, 7) is 5.06. The van der Waals surface area contributed by atoms with Gasteiger partial charge in [0.15, 0.2) is 0 Å². The summed E-state index contributed by atoms with van der Waals surface area (Å²) in [5.41, 5.74) is 3.40. The van der Waals surface area contributed by atoms with E-state index in [1.807, 2.05) is 32.0 Å². The van der Waals surface area contributed by atoms with Crippen LogP contribution in [0.4, 0.5) is 0 Å². The van der Waals surface area contributed by atoms with Crippen molar-refractivity contribution in [1.82, 2.24) is 13.8 Å². The maximum Gasteiger partial charge on any atom is 0.307 e. The summed E-state index contributed by atoms with van der Waals surface area (Å²) < 4.78 is 29.8. The molecule has 7 nitrogen and oxygen atoms in total. The Labute approximate surface area is 179 Å². The van der Waals surface area contributed by atoms with E-state index in [2.05, 4.69) is 0 Å². The Morgan fingerprint density at radius 2 is 1.60 bits per heavy atom. The standard InChI is InChI=1S/C21H23N3O4S2/c1-14-10-15(2)12-16(11-14)20(25)23-6-8-24(9-7-23)30(27,28)17-4-5-18-19(13-17)29-21(26)22(18)3/h4-5,10-13H,6-9H2,1-3H3. The molecule has 1 aliphatic heterocycles. The summed E-state index contributed by atoms with van der Waals surface area (Å²) in [7, 11) is -2.03. The van der Waals surface area contributed by atoms with E-state index in [1.54, 1.807) is 24.1 Å². The zero-order chi connectivity index (χ0) is 21.6. The van der Waals surface area contributed by atoms with Crippen molar-refractivity contribution >= 4 is 37.5 Å². The summed E-state index contributed by atoms with van der Waals surface area (Å²) in [5, 5.41) is 0. The first-order valence-corrected chi connectivity index (χ1v) is 11.9. The maximum atomic E-state index is 13.1. The monoisotopic (exact) mass is 445 g/mol. The molecule has 1 aromatic heterocycles. The average molecular weight is 446 g/mol. The largest absolute Gasteiger partial charge is 0.336 e. The number of hydrogen-bond acceptors (Lipinski definition) is 5. The fraction of sp³-hybridized carbons (Fsp3) is 0.333. The predicted octanol–water partition coefficient (Wildman–Crippen LogP) is 2.36. The summed E-state index contributed by atoms with van der Waals surface area (Å²) in [5.74, 6) is -0.0747. The van der Waals surface area contributed by atoms with Crippen LogP contribution < -0.4 is 4.87 Å². The predicted molar refractivity (Wildman–Crippen MR) is 118 cm³/mol.